The fourth-order valence-electron chi connectivity index (χ4n) is 3.36. The van der Waals surface area contributed by atoms with Gasteiger partial charge in [-0.3, -0.25) is 9.69 Å². The number of nitrogens with zero attached hydrogens (tertiary/aromatic N) is 1. The summed E-state index contributed by atoms with van der Waals surface area (Å²) < 4.78 is 10.9. The maximum atomic E-state index is 11.9. The minimum Gasteiger partial charge on any atom is -0.466 e. The first-order valence-corrected chi connectivity index (χ1v) is 7.75. The Morgan fingerprint density at radius 2 is 1.95 bits per heavy atom. The predicted molar refractivity (Wildman–Crippen MR) is 74.1 cm³/mol. The second-order valence-electron chi connectivity index (χ2n) is 5.76. The summed E-state index contributed by atoms with van der Waals surface area (Å²) in [5.74, 6) is -0.0720. The summed E-state index contributed by atoms with van der Waals surface area (Å²) >= 11 is 0. The van der Waals surface area contributed by atoms with E-state index in [9.17, 15) is 4.79 Å². The van der Waals surface area contributed by atoms with E-state index in [2.05, 4.69) is 4.90 Å². The van der Waals surface area contributed by atoms with Crippen molar-refractivity contribution < 1.29 is 14.3 Å². The molecule has 2 aliphatic rings. The highest BCUT2D eigenvalue weighted by molar-refractivity contribution is 5.71. The van der Waals surface area contributed by atoms with Crippen LogP contribution in [0.2, 0.25) is 0 Å². The SMILES string of the molecule is CCOC(=O)CC1(N2CCCCCC2)CCCOC1. The second kappa shape index (κ2) is 7.25. The van der Waals surface area contributed by atoms with Crippen molar-refractivity contribution in [2.45, 2.75) is 57.4 Å². The fraction of sp³-hybridized carbons (Fsp3) is 0.933. The summed E-state index contributed by atoms with van der Waals surface area (Å²) in [4.78, 5) is 14.5. The lowest BCUT2D eigenvalue weighted by molar-refractivity contribution is -0.150. The van der Waals surface area contributed by atoms with E-state index in [-0.39, 0.29) is 11.5 Å². The minimum atomic E-state index is -0.102. The number of carbonyl (C=O) groups excluding carboxylic acids is 1. The van der Waals surface area contributed by atoms with Gasteiger partial charge in [0.2, 0.25) is 0 Å². The number of rotatable bonds is 4. The van der Waals surface area contributed by atoms with Crippen LogP contribution in [0.3, 0.4) is 0 Å². The van der Waals surface area contributed by atoms with E-state index in [0.717, 1.165) is 32.5 Å². The van der Waals surface area contributed by atoms with Crippen LogP contribution in [-0.4, -0.2) is 49.3 Å². The zero-order valence-electron chi connectivity index (χ0n) is 12.2. The lowest BCUT2D eigenvalue weighted by Gasteiger charge is -2.45. The van der Waals surface area contributed by atoms with Gasteiger partial charge in [0, 0.05) is 6.61 Å². The van der Waals surface area contributed by atoms with Crippen molar-refractivity contribution in [3.05, 3.63) is 0 Å². The van der Waals surface area contributed by atoms with Gasteiger partial charge in [-0.05, 0) is 45.7 Å². The van der Waals surface area contributed by atoms with Crippen LogP contribution >= 0.6 is 0 Å². The standard InChI is InChI=1S/C15H27NO3/c1-2-19-14(17)12-15(8-7-11-18-13-15)16-9-5-3-4-6-10-16/h2-13H2,1H3. The molecule has 0 aromatic rings. The predicted octanol–water partition coefficient (Wildman–Crippen LogP) is 2.36. The molecule has 19 heavy (non-hydrogen) atoms. The first kappa shape index (κ1) is 14.8. The van der Waals surface area contributed by atoms with Crippen molar-refractivity contribution in [2.75, 3.05) is 32.9 Å². The molecule has 1 unspecified atom stereocenters. The van der Waals surface area contributed by atoms with E-state index in [1.165, 1.54) is 25.7 Å². The van der Waals surface area contributed by atoms with Crippen molar-refractivity contribution in [3.63, 3.8) is 0 Å². The highest BCUT2D eigenvalue weighted by Crippen LogP contribution is 2.32. The maximum Gasteiger partial charge on any atom is 0.307 e. The first-order valence-electron chi connectivity index (χ1n) is 7.75. The number of esters is 1. The number of likely N-dealkylation sites (tertiary alicyclic amines) is 1. The van der Waals surface area contributed by atoms with E-state index in [1.54, 1.807) is 0 Å². The summed E-state index contributed by atoms with van der Waals surface area (Å²) in [5.41, 5.74) is -0.102. The van der Waals surface area contributed by atoms with Crippen LogP contribution in [0.4, 0.5) is 0 Å². The van der Waals surface area contributed by atoms with Crippen molar-refractivity contribution in [1.29, 1.82) is 0 Å². The molecular formula is C15H27NO3. The van der Waals surface area contributed by atoms with Crippen LogP contribution < -0.4 is 0 Å². The number of hydrogen-bond donors (Lipinski definition) is 0. The Morgan fingerprint density at radius 3 is 2.53 bits per heavy atom. The molecule has 0 aliphatic carbocycles. The van der Waals surface area contributed by atoms with Gasteiger partial charge >= 0.3 is 5.97 Å². The summed E-state index contributed by atoms with van der Waals surface area (Å²) in [6.45, 7) is 6.05. The van der Waals surface area contributed by atoms with Gasteiger partial charge in [0.15, 0.2) is 0 Å². The van der Waals surface area contributed by atoms with Gasteiger partial charge in [0.1, 0.15) is 0 Å². The average Bonchev–Trinajstić information content (AvgIpc) is 2.69. The summed E-state index contributed by atoms with van der Waals surface area (Å²) in [6.07, 6.45) is 7.71. The topological polar surface area (TPSA) is 38.8 Å². The Morgan fingerprint density at radius 1 is 1.21 bits per heavy atom. The molecule has 0 amide bonds. The van der Waals surface area contributed by atoms with Crippen molar-refractivity contribution in [2.24, 2.45) is 0 Å². The molecule has 0 radical (unpaired) electrons. The molecule has 0 N–H and O–H groups in total. The fourth-order valence-corrected chi connectivity index (χ4v) is 3.36. The molecule has 4 heteroatoms. The number of carbonyl (C=O) groups is 1. The quantitative estimate of drug-likeness (QED) is 0.734. The van der Waals surface area contributed by atoms with E-state index >= 15 is 0 Å². The van der Waals surface area contributed by atoms with Gasteiger partial charge in [0.25, 0.3) is 0 Å². The second-order valence-corrected chi connectivity index (χ2v) is 5.76. The molecule has 4 nitrogen and oxygen atoms in total. The third kappa shape index (κ3) is 3.93. The van der Waals surface area contributed by atoms with Gasteiger partial charge in [-0.2, -0.15) is 0 Å². The summed E-state index contributed by atoms with van der Waals surface area (Å²) in [6, 6.07) is 0. The zero-order valence-corrected chi connectivity index (χ0v) is 12.2. The Bertz CT molecular complexity index is 279. The van der Waals surface area contributed by atoms with Crippen LogP contribution in [0.25, 0.3) is 0 Å². The van der Waals surface area contributed by atoms with E-state index in [0.29, 0.717) is 19.6 Å². The molecule has 110 valence electrons. The molecular weight excluding hydrogens is 242 g/mol. The Hall–Kier alpha value is -0.610. The minimum absolute atomic E-state index is 0.0720. The Kier molecular flexibility index (Phi) is 5.64. The van der Waals surface area contributed by atoms with Gasteiger partial charge in [-0.1, -0.05) is 12.8 Å². The lowest BCUT2D eigenvalue weighted by Crippen LogP contribution is -2.55. The van der Waals surface area contributed by atoms with Crippen molar-refractivity contribution in [1.82, 2.24) is 4.90 Å². The van der Waals surface area contributed by atoms with Gasteiger partial charge in [-0.25, -0.2) is 0 Å². The van der Waals surface area contributed by atoms with E-state index in [4.69, 9.17) is 9.47 Å². The molecule has 0 spiro atoms. The zero-order chi connectivity index (χ0) is 13.6. The highest BCUT2D eigenvalue weighted by Gasteiger charge is 2.41. The van der Waals surface area contributed by atoms with Gasteiger partial charge < -0.3 is 9.47 Å². The first-order chi connectivity index (χ1) is 9.27. The lowest BCUT2D eigenvalue weighted by atomic mass is 9.86. The normalized spacial score (nSPS) is 29.7. The third-order valence-electron chi connectivity index (χ3n) is 4.36. The molecule has 2 fully saturated rings. The van der Waals surface area contributed by atoms with E-state index < -0.39 is 0 Å². The van der Waals surface area contributed by atoms with Crippen LogP contribution in [0.1, 0.15) is 51.9 Å². The Balaban J connectivity index is 2.05. The van der Waals surface area contributed by atoms with Crippen LogP contribution in [-0.2, 0) is 14.3 Å². The van der Waals surface area contributed by atoms with E-state index in [1.807, 2.05) is 6.92 Å². The molecule has 2 heterocycles. The largest absolute Gasteiger partial charge is 0.466 e. The van der Waals surface area contributed by atoms with Gasteiger partial charge in [0.05, 0.1) is 25.2 Å². The molecule has 2 rings (SSSR count). The molecule has 2 aliphatic heterocycles. The molecule has 0 aromatic heterocycles. The smallest absolute Gasteiger partial charge is 0.307 e. The molecule has 0 aromatic carbocycles. The van der Waals surface area contributed by atoms with Crippen molar-refractivity contribution in [3.8, 4) is 0 Å². The molecule has 0 saturated carbocycles. The van der Waals surface area contributed by atoms with Crippen LogP contribution in [0, 0.1) is 0 Å². The molecule has 2 saturated heterocycles. The third-order valence-corrected chi connectivity index (χ3v) is 4.36. The van der Waals surface area contributed by atoms with Gasteiger partial charge in [-0.15, -0.1) is 0 Å². The molecule has 1 atom stereocenters. The summed E-state index contributed by atoms with van der Waals surface area (Å²) in [7, 11) is 0. The monoisotopic (exact) mass is 269 g/mol. The number of hydrogen-bond acceptors (Lipinski definition) is 4. The Labute approximate surface area is 116 Å². The molecule has 0 bridgehead atoms. The van der Waals surface area contributed by atoms with Crippen LogP contribution in [0.5, 0.6) is 0 Å². The van der Waals surface area contributed by atoms with Crippen molar-refractivity contribution >= 4 is 5.97 Å². The number of ether oxygens (including phenoxy) is 2. The summed E-state index contributed by atoms with van der Waals surface area (Å²) in [5, 5.41) is 0. The maximum absolute atomic E-state index is 11.9. The highest BCUT2D eigenvalue weighted by atomic mass is 16.5. The van der Waals surface area contributed by atoms with Crippen LogP contribution in [0.15, 0.2) is 0 Å². The average molecular weight is 269 g/mol.